The van der Waals surface area contributed by atoms with Gasteiger partial charge in [0.2, 0.25) is 0 Å². The lowest BCUT2D eigenvalue weighted by atomic mass is 9.66. The number of rotatable bonds is 11. The van der Waals surface area contributed by atoms with E-state index < -0.39 is 0 Å². The Bertz CT molecular complexity index is 377. The fourth-order valence-electron chi connectivity index (χ4n) is 5.75. The molecule has 2 saturated carbocycles. The van der Waals surface area contributed by atoms with Crippen LogP contribution >= 0.6 is 0 Å². The van der Waals surface area contributed by atoms with Gasteiger partial charge in [0.1, 0.15) is 0 Å². The molecular weight excluding hydrogens is 288 g/mol. The van der Waals surface area contributed by atoms with Gasteiger partial charge >= 0.3 is 0 Å². The molecule has 0 bridgehead atoms. The summed E-state index contributed by atoms with van der Waals surface area (Å²) in [5.74, 6) is 5.15. The molecule has 0 radical (unpaired) electrons. The zero-order valence-electron chi connectivity index (χ0n) is 18.0. The van der Waals surface area contributed by atoms with Gasteiger partial charge < -0.3 is 0 Å². The van der Waals surface area contributed by atoms with E-state index in [4.69, 9.17) is 0 Å². The smallest absolute Gasteiger partial charge is 0.0297 e. The summed E-state index contributed by atoms with van der Waals surface area (Å²) in [6, 6.07) is 0. The Morgan fingerprint density at radius 2 is 1.67 bits per heavy atom. The molecule has 2 aliphatic carbocycles. The first kappa shape index (κ1) is 20.3. The Labute approximate surface area is 153 Å². The normalized spacial score (nSPS) is 31.4. The molecule has 142 valence electrons. The maximum absolute atomic E-state index is 2.56. The van der Waals surface area contributed by atoms with Crippen LogP contribution in [-0.4, -0.2) is 0 Å². The predicted octanol–water partition coefficient (Wildman–Crippen LogP) is 8.11. The van der Waals surface area contributed by atoms with Gasteiger partial charge in [-0.05, 0) is 66.1 Å². The Kier molecular flexibility index (Phi) is 6.88. The summed E-state index contributed by atoms with van der Waals surface area (Å²) < 4.78 is 0. The highest BCUT2D eigenvalue weighted by molar-refractivity contribution is 5.02. The van der Waals surface area contributed by atoms with Crippen LogP contribution in [0, 0.1) is 40.4 Å². The summed E-state index contributed by atoms with van der Waals surface area (Å²) >= 11 is 0. The van der Waals surface area contributed by atoms with Crippen molar-refractivity contribution in [3.05, 3.63) is 0 Å². The molecule has 0 spiro atoms. The molecule has 0 saturated heterocycles. The monoisotopic (exact) mass is 334 g/mol. The van der Waals surface area contributed by atoms with Gasteiger partial charge in [-0.2, -0.15) is 0 Å². The molecule has 2 aliphatic rings. The van der Waals surface area contributed by atoms with Crippen LogP contribution in [0.2, 0.25) is 0 Å². The quantitative estimate of drug-likeness (QED) is 0.358. The van der Waals surface area contributed by atoms with E-state index in [1.165, 1.54) is 51.4 Å². The predicted molar refractivity (Wildman–Crippen MR) is 108 cm³/mol. The highest BCUT2D eigenvalue weighted by Crippen LogP contribution is 2.61. The largest absolute Gasteiger partial charge is 0.0654 e. The van der Waals surface area contributed by atoms with Crippen molar-refractivity contribution in [2.45, 2.75) is 113 Å². The first-order valence-electron chi connectivity index (χ1n) is 11.3. The molecule has 0 aromatic rings. The van der Waals surface area contributed by atoms with Gasteiger partial charge in [-0.25, -0.2) is 0 Å². The lowest BCUT2D eigenvalue weighted by Gasteiger charge is -2.39. The molecule has 0 aromatic heterocycles. The average molecular weight is 335 g/mol. The molecule has 0 N–H and O–H groups in total. The van der Waals surface area contributed by atoms with E-state index in [1.54, 1.807) is 12.8 Å². The van der Waals surface area contributed by atoms with Crippen molar-refractivity contribution in [3.63, 3.8) is 0 Å². The second kappa shape index (κ2) is 8.13. The van der Waals surface area contributed by atoms with E-state index in [0.29, 0.717) is 10.8 Å². The Morgan fingerprint density at radius 1 is 1.00 bits per heavy atom. The first-order chi connectivity index (χ1) is 11.3. The minimum Gasteiger partial charge on any atom is -0.0654 e. The van der Waals surface area contributed by atoms with Crippen molar-refractivity contribution >= 4 is 0 Å². The van der Waals surface area contributed by atoms with Crippen LogP contribution in [0.15, 0.2) is 0 Å². The maximum atomic E-state index is 2.56. The second-order valence-electron chi connectivity index (χ2n) is 10.4. The molecular formula is C24H46. The molecule has 24 heavy (non-hydrogen) atoms. The number of hydrogen-bond acceptors (Lipinski definition) is 0. The topological polar surface area (TPSA) is 0 Å². The maximum Gasteiger partial charge on any atom is -0.0297 e. The fourth-order valence-corrected chi connectivity index (χ4v) is 5.75. The van der Waals surface area contributed by atoms with Gasteiger partial charge in [0.25, 0.3) is 0 Å². The van der Waals surface area contributed by atoms with Crippen molar-refractivity contribution in [3.8, 4) is 0 Å². The lowest BCUT2D eigenvalue weighted by molar-refractivity contribution is 0.119. The van der Waals surface area contributed by atoms with E-state index >= 15 is 0 Å². The van der Waals surface area contributed by atoms with Crippen molar-refractivity contribution < 1.29 is 0 Å². The third-order valence-electron chi connectivity index (χ3n) is 8.78. The number of hydrogen-bond donors (Lipinski definition) is 0. The van der Waals surface area contributed by atoms with Crippen LogP contribution in [0.25, 0.3) is 0 Å². The molecule has 5 atom stereocenters. The molecule has 0 nitrogen and oxygen atoms in total. The summed E-state index contributed by atoms with van der Waals surface area (Å²) in [5.41, 5.74) is 1.14. The summed E-state index contributed by atoms with van der Waals surface area (Å²) in [7, 11) is 0. The van der Waals surface area contributed by atoms with E-state index in [1.807, 2.05) is 0 Å². The average Bonchev–Trinajstić information content (AvgIpc) is 3.11. The van der Waals surface area contributed by atoms with Gasteiger partial charge in [-0.15, -0.1) is 0 Å². The van der Waals surface area contributed by atoms with Gasteiger partial charge in [-0.1, -0.05) is 87.0 Å². The third kappa shape index (κ3) is 4.39. The summed E-state index contributed by atoms with van der Waals surface area (Å²) in [6.45, 7) is 17.3. The molecule has 0 heterocycles. The summed E-state index contributed by atoms with van der Waals surface area (Å²) in [6.07, 6.45) is 14.6. The van der Waals surface area contributed by atoms with Crippen molar-refractivity contribution in [1.29, 1.82) is 0 Å². The summed E-state index contributed by atoms with van der Waals surface area (Å²) in [5, 5.41) is 0. The lowest BCUT2D eigenvalue weighted by Crippen LogP contribution is -2.28. The molecule has 0 amide bonds. The highest BCUT2D eigenvalue weighted by atomic mass is 14.6. The van der Waals surface area contributed by atoms with Crippen molar-refractivity contribution in [2.75, 3.05) is 0 Å². The second-order valence-corrected chi connectivity index (χ2v) is 10.4. The van der Waals surface area contributed by atoms with Crippen LogP contribution < -0.4 is 0 Å². The Hall–Kier alpha value is 0. The molecule has 0 aliphatic heterocycles. The van der Waals surface area contributed by atoms with E-state index in [0.717, 1.165) is 29.6 Å². The molecule has 0 heteroatoms. The molecule has 5 unspecified atom stereocenters. The molecule has 0 aromatic carbocycles. The zero-order valence-corrected chi connectivity index (χ0v) is 18.0. The van der Waals surface area contributed by atoms with E-state index in [9.17, 15) is 0 Å². The SMILES string of the molecule is CCCC(CC)(CCC(C)(C)C(C)CC)CC1C(C)C1C1CCC1. The van der Waals surface area contributed by atoms with Gasteiger partial charge in [-0.3, -0.25) is 0 Å². The van der Waals surface area contributed by atoms with Crippen LogP contribution in [0.3, 0.4) is 0 Å². The first-order valence-corrected chi connectivity index (χ1v) is 11.3. The molecule has 2 fully saturated rings. The van der Waals surface area contributed by atoms with Crippen LogP contribution in [0.1, 0.15) is 113 Å². The minimum absolute atomic E-state index is 0.505. The van der Waals surface area contributed by atoms with Crippen LogP contribution in [-0.2, 0) is 0 Å². The van der Waals surface area contributed by atoms with Gasteiger partial charge in [0.05, 0.1) is 0 Å². The Morgan fingerprint density at radius 3 is 2.12 bits per heavy atom. The van der Waals surface area contributed by atoms with Crippen molar-refractivity contribution in [1.82, 2.24) is 0 Å². The standard InChI is InChI=1S/C24H46/c1-8-14-24(10-3,16-15-23(6,7)18(4)9-2)17-21-19(5)22(21)20-12-11-13-20/h18-22H,8-17H2,1-7H3. The molecule has 2 rings (SSSR count). The van der Waals surface area contributed by atoms with E-state index in [-0.39, 0.29) is 0 Å². The zero-order chi connectivity index (χ0) is 18.0. The fraction of sp³-hybridized carbons (Fsp3) is 1.00. The van der Waals surface area contributed by atoms with Crippen LogP contribution in [0.4, 0.5) is 0 Å². The van der Waals surface area contributed by atoms with Gasteiger partial charge in [0, 0.05) is 0 Å². The minimum atomic E-state index is 0.505. The third-order valence-corrected chi connectivity index (χ3v) is 8.78. The Balaban J connectivity index is 1.98. The van der Waals surface area contributed by atoms with E-state index in [2.05, 4.69) is 48.5 Å². The van der Waals surface area contributed by atoms with Crippen LogP contribution in [0.5, 0.6) is 0 Å². The highest BCUT2D eigenvalue weighted by Gasteiger charge is 2.54. The van der Waals surface area contributed by atoms with Crippen molar-refractivity contribution in [2.24, 2.45) is 40.4 Å². The summed E-state index contributed by atoms with van der Waals surface area (Å²) in [4.78, 5) is 0. The van der Waals surface area contributed by atoms with Gasteiger partial charge in [0.15, 0.2) is 0 Å².